The van der Waals surface area contributed by atoms with Gasteiger partial charge >= 0.3 is 0 Å². The molecule has 2 aliphatic carbocycles. The number of benzene rings is 2. The topological polar surface area (TPSA) is 59.3 Å². The monoisotopic (exact) mass is 359 g/mol. The number of fused-ring (bicyclic) bond motifs is 5. The molecule has 2 aliphatic rings. The van der Waals surface area contributed by atoms with Crippen LogP contribution >= 0.6 is 0 Å². The van der Waals surface area contributed by atoms with Crippen molar-refractivity contribution in [1.29, 1.82) is 0 Å². The van der Waals surface area contributed by atoms with Gasteiger partial charge < -0.3 is 9.73 Å². The van der Waals surface area contributed by atoms with E-state index in [0.29, 0.717) is 23.4 Å². The maximum Gasteiger partial charge on any atom is 0.237 e. The van der Waals surface area contributed by atoms with Crippen LogP contribution in [0.25, 0.3) is 22.1 Å². The fourth-order valence-corrected chi connectivity index (χ4v) is 4.08. The molecule has 1 N–H and O–H groups in total. The number of hydrogen-bond donors (Lipinski definition) is 1. The first kappa shape index (κ1) is 16.5. The first-order valence-corrected chi connectivity index (χ1v) is 9.51. The number of carbonyl (C=O) groups excluding carboxylic acids is 2. The van der Waals surface area contributed by atoms with Crippen LogP contribution in [0.5, 0.6) is 0 Å². The molecular formula is C23H21NO3. The summed E-state index contributed by atoms with van der Waals surface area (Å²) in [5, 5.41) is 5.23. The lowest BCUT2D eigenvalue weighted by Crippen LogP contribution is -2.21. The zero-order valence-electron chi connectivity index (χ0n) is 15.5. The van der Waals surface area contributed by atoms with Crippen molar-refractivity contribution in [2.24, 2.45) is 5.92 Å². The number of carbonyl (C=O) groups is 2. The van der Waals surface area contributed by atoms with Crippen molar-refractivity contribution in [3.8, 4) is 11.3 Å². The number of nitrogens with one attached hydrogen (secondary N) is 1. The summed E-state index contributed by atoms with van der Waals surface area (Å²) in [6, 6.07) is 9.77. The van der Waals surface area contributed by atoms with Gasteiger partial charge in [0, 0.05) is 16.7 Å². The molecule has 0 amide bonds. The number of Topliss-reactive ketones (excluding diaryl/α,β-unsaturated/α-hetero) is 2. The van der Waals surface area contributed by atoms with E-state index in [1.165, 1.54) is 12.8 Å². The fourth-order valence-electron chi connectivity index (χ4n) is 4.08. The van der Waals surface area contributed by atoms with Crippen molar-refractivity contribution in [1.82, 2.24) is 5.32 Å². The quantitative estimate of drug-likeness (QED) is 0.692. The summed E-state index contributed by atoms with van der Waals surface area (Å²) >= 11 is 0. The van der Waals surface area contributed by atoms with Gasteiger partial charge in [-0.2, -0.15) is 0 Å². The molecule has 27 heavy (non-hydrogen) atoms. The largest absolute Gasteiger partial charge is 0.459 e. The predicted octanol–water partition coefficient (Wildman–Crippen LogP) is 4.60. The number of furan rings is 1. The molecule has 4 heteroatoms. The molecule has 0 aliphatic heterocycles. The second kappa shape index (κ2) is 5.89. The van der Waals surface area contributed by atoms with Crippen LogP contribution in [0.1, 0.15) is 50.4 Å². The second-order valence-corrected chi connectivity index (χ2v) is 7.75. The van der Waals surface area contributed by atoms with E-state index in [4.69, 9.17) is 4.42 Å². The van der Waals surface area contributed by atoms with Crippen molar-refractivity contribution in [2.75, 3.05) is 6.54 Å². The van der Waals surface area contributed by atoms with Crippen LogP contribution in [0.4, 0.5) is 0 Å². The molecule has 0 radical (unpaired) electrons. The smallest absolute Gasteiger partial charge is 0.237 e. The summed E-state index contributed by atoms with van der Waals surface area (Å²) < 4.78 is 6.13. The molecule has 1 heterocycles. The molecular weight excluding hydrogens is 338 g/mol. The number of ketones is 2. The molecule has 5 rings (SSSR count). The van der Waals surface area contributed by atoms with Crippen molar-refractivity contribution >= 4 is 22.3 Å². The van der Waals surface area contributed by atoms with Gasteiger partial charge in [-0.15, -0.1) is 0 Å². The Kier molecular flexibility index (Phi) is 3.59. The summed E-state index contributed by atoms with van der Waals surface area (Å²) in [5.41, 5.74) is 3.50. The van der Waals surface area contributed by atoms with Crippen molar-refractivity contribution in [2.45, 2.75) is 33.2 Å². The van der Waals surface area contributed by atoms with Gasteiger partial charge in [-0.3, -0.25) is 9.59 Å². The third-order valence-corrected chi connectivity index (χ3v) is 5.85. The highest BCUT2D eigenvalue weighted by Gasteiger charge is 2.37. The van der Waals surface area contributed by atoms with Gasteiger partial charge in [0.15, 0.2) is 0 Å². The predicted molar refractivity (Wildman–Crippen MR) is 104 cm³/mol. The highest BCUT2D eigenvalue weighted by atomic mass is 16.3. The Morgan fingerprint density at radius 1 is 1.00 bits per heavy atom. The Hall–Kier alpha value is -2.72. The highest BCUT2D eigenvalue weighted by Crippen LogP contribution is 2.41. The fraction of sp³-hybridized carbons (Fsp3) is 0.304. The van der Waals surface area contributed by atoms with E-state index in [-0.39, 0.29) is 0 Å². The number of rotatable bonds is 4. The average molecular weight is 359 g/mol. The van der Waals surface area contributed by atoms with Crippen LogP contribution in [-0.4, -0.2) is 18.1 Å². The molecule has 3 aromatic rings. The molecule has 1 aromatic heterocycles. The minimum atomic E-state index is -0.457. The van der Waals surface area contributed by atoms with Crippen molar-refractivity contribution in [3.63, 3.8) is 0 Å². The second-order valence-electron chi connectivity index (χ2n) is 7.75. The minimum absolute atomic E-state index is 0.433. The van der Waals surface area contributed by atoms with Gasteiger partial charge in [-0.25, -0.2) is 0 Å². The van der Waals surface area contributed by atoms with E-state index >= 15 is 0 Å². The van der Waals surface area contributed by atoms with Gasteiger partial charge in [0.05, 0.1) is 12.1 Å². The van der Waals surface area contributed by atoms with E-state index in [2.05, 4.69) is 5.32 Å². The van der Waals surface area contributed by atoms with Crippen molar-refractivity contribution in [3.05, 3.63) is 58.3 Å². The van der Waals surface area contributed by atoms with Gasteiger partial charge in [-0.05, 0) is 61.6 Å². The molecule has 0 spiro atoms. The maximum absolute atomic E-state index is 13.0. The van der Waals surface area contributed by atoms with Gasteiger partial charge in [0.2, 0.25) is 11.6 Å². The van der Waals surface area contributed by atoms with E-state index in [9.17, 15) is 9.59 Å². The Balaban J connectivity index is 1.66. The van der Waals surface area contributed by atoms with Gasteiger partial charge in [0.25, 0.3) is 0 Å². The average Bonchev–Trinajstić information content (AvgIpc) is 3.42. The lowest BCUT2D eigenvalue weighted by atomic mass is 9.83. The molecule has 4 nitrogen and oxygen atoms in total. The molecule has 1 fully saturated rings. The minimum Gasteiger partial charge on any atom is -0.459 e. The Bertz CT molecular complexity index is 1120. The van der Waals surface area contributed by atoms with Crippen LogP contribution in [0.3, 0.4) is 0 Å². The summed E-state index contributed by atoms with van der Waals surface area (Å²) in [6.45, 7) is 5.44. The Morgan fingerprint density at radius 3 is 2.56 bits per heavy atom. The molecule has 0 unspecified atom stereocenters. The lowest BCUT2D eigenvalue weighted by molar-refractivity contribution is 0.0815. The van der Waals surface area contributed by atoms with Crippen LogP contribution in [0.2, 0.25) is 0 Å². The van der Waals surface area contributed by atoms with Gasteiger partial charge in [-0.1, -0.05) is 24.3 Å². The third-order valence-electron chi connectivity index (χ3n) is 5.85. The summed E-state index contributed by atoms with van der Waals surface area (Å²) in [6.07, 6.45) is 2.57. The molecule has 1 saturated carbocycles. The standard InChI is InChI=1S/C23H21NO3/c1-12-4-3-5-16-15(12)8-9-17-20(16)22(26)21(25)19-13(2)18(27-23(17)19)11-24-10-14-6-7-14/h3-5,8-9,14,24H,6-7,10-11H2,1-2H3. The normalized spacial score (nSPS) is 15.9. The zero-order chi connectivity index (χ0) is 18.7. The number of aryl methyl sites for hydroxylation is 1. The summed E-state index contributed by atoms with van der Waals surface area (Å²) in [5.74, 6) is 1.17. The first-order valence-electron chi connectivity index (χ1n) is 9.51. The SMILES string of the molecule is Cc1c(CNCC2CC2)oc2c1C(=O)C(=O)c1c-2ccc2c(C)cccc12. The lowest BCUT2D eigenvalue weighted by Gasteiger charge is -2.16. The van der Waals surface area contributed by atoms with E-state index in [1.54, 1.807) is 0 Å². The number of hydrogen-bond acceptors (Lipinski definition) is 4. The molecule has 2 aromatic carbocycles. The maximum atomic E-state index is 13.0. The molecule has 0 saturated heterocycles. The van der Waals surface area contributed by atoms with Gasteiger partial charge in [0.1, 0.15) is 11.5 Å². The van der Waals surface area contributed by atoms with E-state index in [1.807, 2.05) is 44.2 Å². The Labute approximate surface area is 157 Å². The summed E-state index contributed by atoms with van der Waals surface area (Å²) in [7, 11) is 0. The Morgan fingerprint density at radius 2 is 1.78 bits per heavy atom. The van der Waals surface area contributed by atoms with Crippen molar-refractivity contribution < 1.29 is 14.0 Å². The summed E-state index contributed by atoms with van der Waals surface area (Å²) in [4.78, 5) is 25.9. The van der Waals surface area contributed by atoms with Crippen LogP contribution in [-0.2, 0) is 6.54 Å². The van der Waals surface area contributed by atoms with Crippen LogP contribution in [0, 0.1) is 19.8 Å². The first-order chi connectivity index (χ1) is 13.1. The highest BCUT2D eigenvalue weighted by molar-refractivity contribution is 6.54. The van der Waals surface area contributed by atoms with E-state index < -0.39 is 11.6 Å². The third kappa shape index (κ3) is 2.47. The van der Waals surface area contributed by atoms with E-state index in [0.717, 1.165) is 45.7 Å². The zero-order valence-corrected chi connectivity index (χ0v) is 15.5. The molecule has 136 valence electrons. The van der Waals surface area contributed by atoms with Crippen LogP contribution < -0.4 is 5.32 Å². The van der Waals surface area contributed by atoms with Crippen LogP contribution in [0.15, 0.2) is 34.7 Å². The molecule has 0 bridgehead atoms. The molecule has 0 atom stereocenters.